The van der Waals surface area contributed by atoms with Gasteiger partial charge < -0.3 is 24.8 Å². The monoisotopic (exact) mass is 421 g/mol. The van der Waals surface area contributed by atoms with E-state index in [9.17, 15) is 19.7 Å². The molecule has 30 heavy (non-hydrogen) atoms. The maximum absolute atomic E-state index is 12.8. The highest BCUT2D eigenvalue weighted by atomic mass is 16.6. The summed E-state index contributed by atoms with van der Waals surface area (Å²) in [5.74, 6) is -0.480. The van der Waals surface area contributed by atoms with Crippen LogP contribution in [0.2, 0.25) is 0 Å². The standard InChI is InChI=1S/C20H27N3O7/c1-5-8-9-13-16(19(24)30-7-3)17(22-20(25)21-13)12-10-14(23(26)27)18(28-4)15(11-12)29-6-2/h10-11,17H,5-9H2,1-4H3,(H2,21,22,25). The Morgan fingerprint density at radius 3 is 2.53 bits per heavy atom. The molecule has 2 N–H and O–H groups in total. The van der Waals surface area contributed by atoms with Gasteiger partial charge in [-0.25, -0.2) is 9.59 Å². The molecule has 1 heterocycles. The van der Waals surface area contributed by atoms with E-state index in [0.29, 0.717) is 17.7 Å². The van der Waals surface area contributed by atoms with Crippen LogP contribution in [-0.4, -0.2) is 37.2 Å². The van der Waals surface area contributed by atoms with E-state index in [2.05, 4.69) is 10.6 Å². The lowest BCUT2D eigenvalue weighted by atomic mass is 9.92. The summed E-state index contributed by atoms with van der Waals surface area (Å²) < 4.78 is 15.9. The molecule has 0 bridgehead atoms. The quantitative estimate of drug-likeness (QED) is 0.337. The third kappa shape index (κ3) is 5.00. The Bertz CT molecular complexity index is 851. The minimum Gasteiger partial charge on any atom is -0.490 e. The fourth-order valence-corrected chi connectivity index (χ4v) is 3.25. The summed E-state index contributed by atoms with van der Waals surface area (Å²) in [4.78, 5) is 36.1. The lowest BCUT2D eigenvalue weighted by Gasteiger charge is -2.29. The number of nitro benzene ring substituents is 1. The van der Waals surface area contributed by atoms with Crippen LogP contribution in [0.1, 0.15) is 51.6 Å². The van der Waals surface area contributed by atoms with Crippen LogP contribution in [0.25, 0.3) is 0 Å². The van der Waals surface area contributed by atoms with E-state index in [-0.39, 0.29) is 36.0 Å². The SMILES string of the molecule is CCCCC1=C(C(=O)OCC)C(c2cc(OCC)c(OC)c([N+](=O)[O-])c2)NC(=O)N1. The second-order valence-corrected chi connectivity index (χ2v) is 6.51. The minimum absolute atomic E-state index is 0.0290. The predicted octanol–water partition coefficient (Wildman–Crippen LogP) is 3.36. The molecule has 10 nitrogen and oxygen atoms in total. The fourth-order valence-electron chi connectivity index (χ4n) is 3.25. The number of allylic oxidation sites excluding steroid dienone is 1. The Morgan fingerprint density at radius 2 is 1.97 bits per heavy atom. The fraction of sp³-hybridized carbons (Fsp3) is 0.500. The number of urea groups is 1. The number of carbonyl (C=O) groups is 2. The Kier molecular flexibility index (Phi) is 8.02. The van der Waals surface area contributed by atoms with E-state index < -0.39 is 23.0 Å². The van der Waals surface area contributed by atoms with Crippen LogP contribution in [-0.2, 0) is 9.53 Å². The van der Waals surface area contributed by atoms with Crippen molar-refractivity contribution < 1.29 is 28.7 Å². The molecule has 0 aliphatic carbocycles. The molecule has 0 radical (unpaired) electrons. The van der Waals surface area contributed by atoms with Crippen LogP contribution in [0.4, 0.5) is 10.5 Å². The number of carbonyl (C=O) groups excluding carboxylic acids is 2. The van der Waals surface area contributed by atoms with Gasteiger partial charge >= 0.3 is 17.7 Å². The summed E-state index contributed by atoms with van der Waals surface area (Å²) in [6, 6.07) is 1.36. The van der Waals surface area contributed by atoms with Crippen molar-refractivity contribution in [3.8, 4) is 11.5 Å². The molecule has 0 spiro atoms. The molecule has 1 aliphatic rings. The zero-order valence-electron chi connectivity index (χ0n) is 17.6. The van der Waals surface area contributed by atoms with Crippen LogP contribution in [0.3, 0.4) is 0 Å². The first-order valence-electron chi connectivity index (χ1n) is 9.84. The normalized spacial score (nSPS) is 15.9. The molecule has 1 atom stereocenters. The molecule has 1 aliphatic heterocycles. The predicted molar refractivity (Wildman–Crippen MR) is 108 cm³/mol. The second kappa shape index (κ2) is 10.5. The first-order valence-corrected chi connectivity index (χ1v) is 9.84. The highest BCUT2D eigenvalue weighted by molar-refractivity contribution is 5.95. The lowest BCUT2D eigenvalue weighted by Crippen LogP contribution is -2.46. The van der Waals surface area contributed by atoms with Gasteiger partial charge in [-0.2, -0.15) is 0 Å². The molecule has 1 aromatic rings. The Balaban J connectivity index is 2.69. The molecular weight excluding hydrogens is 394 g/mol. The zero-order valence-corrected chi connectivity index (χ0v) is 17.6. The van der Waals surface area contributed by atoms with Crippen molar-refractivity contribution in [1.82, 2.24) is 10.6 Å². The van der Waals surface area contributed by atoms with E-state index in [1.807, 2.05) is 6.92 Å². The molecular formula is C20H27N3O7. The minimum atomic E-state index is -0.937. The number of nitro groups is 1. The zero-order chi connectivity index (χ0) is 22.3. The number of benzene rings is 1. The molecule has 0 saturated heterocycles. The van der Waals surface area contributed by atoms with Gasteiger partial charge in [0.15, 0.2) is 5.75 Å². The van der Waals surface area contributed by atoms with Crippen molar-refractivity contribution in [2.24, 2.45) is 0 Å². The molecule has 2 amide bonds. The number of ether oxygens (including phenoxy) is 3. The van der Waals surface area contributed by atoms with E-state index in [1.54, 1.807) is 13.8 Å². The van der Waals surface area contributed by atoms with Crippen molar-refractivity contribution in [3.05, 3.63) is 39.1 Å². The van der Waals surface area contributed by atoms with Gasteiger partial charge in [-0.3, -0.25) is 10.1 Å². The summed E-state index contributed by atoms with van der Waals surface area (Å²) in [5.41, 5.74) is 0.648. The Morgan fingerprint density at radius 1 is 1.23 bits per heavy atom. The van der Waals surface area contributed by atoms with Gasteiger partial charge in [-0.1, -0.05) is 13.3 Å². The first kappa shape index (κ1) is 23.0. The molecule has 0 saturated carbocycles. The third-order valence-electron chi connectivity index (χ3n) is 4.52. The average Bonchev–Trinajstić information content (AvgIpc) is 2.71. The van der Waals surface area contributed by atoms with Crippen LogP contribution >= 0.6 is 0 Å². The number of esters is 1. The summed E-state index contributed by atoms with van der Waals surface area (Å²) in [7, 11) is 1.31. The number of methoxy groups -OCH3 is 1. The smallest absolute Gasteiger partial charge is 0.338 e. The van der Waals surface area contributed by atoms with Crippen molar-refractivity contribution in [3.63, 3.8) is 0 Å². The second-order valence-electron chi connectivity index (χ2n) is 6.51. The van der Waals surface area contributed by atoms with E-state index in [1.165, 1.54) is 19.2 Å². The molecule has 10 heteroatoms. The van der Waals surface area contributed by atoms with Crippen molar-refractivity contribution in [1.29, 1.82) is 0 Å². The molecule has 1 unspecified atom stereocenters. The van der Waals surface area contributed by atoms with Gasteiger partial charge in [0.25, 0.3) is 0 Å². The Hall–Kier alpha value is -3.30. The third-order valence-corrected chi connectivity index (χ3v) is 4.52. The van der Waals surface area contributed by atoms with Gasteiger partial charge in [0.05, 0.1) is 36.9 Å². The highest BCUT2D eigenvalue weighted by Gasteiger charge is 2.35. The maximum atomic E-state index is 12.8. The Labute approximate surface area is 174 Å². The van der Waals surface area contributed by atoms with Crippen LogP contribution < -0.4 is 20.1 Å². The molecule has 1 aromatic carbocycles. The number of nitrogens with one attached hydrogen (secondary N) is 2. The van der Waals surface area contributed by atoms with Gasteiger partial charge in [0, 0.05) is 11.8 Å². The van der Waals surface area contributed by atoms with Gasteiger partial charge in [-0.05, 0) is 38.3 Å². The maximum Gasteiger partial charge on any atom is 0.338 e. The number of hydrogen-bond acceptors (Lipinski definition) is 7. The van der Waals surface area contributed by atoms with Crippen LogP contribution in [0, 0.1) is 10.1 Å². The largest absolute Gasteiger partial charge is 0.490 e. The van der Waals surface area contributed by atoms with E-state index >= 15 is 0 Å². The summed E-state index contributed by atoms with van der Waals surface area (Å²) in [6.45, 7) is 5.80. The molecule has 0 fully saturated rings. The lowest BCUT2D eigenvalue weighted by molar-refractivity contribution is -0.385. The van der Waals surface area contributed by atoms with E-state index in [0.717, 1.165) is 12.8 Å². The topological polar surface area (TPSA) is 129 Å². The van der Waals surface area contributed by atoms with Crippen LogP contribution in [0.5, 0.6) is 11.5 Å². The summed E-state index contributed by atoms with van der Waals surface area (Å²) in [5, 5.41) is 17.0. The number of nitrogens with zero attached hydrogens (tertiary/aromatic N) is 1. The van der Waals surface area contributed by atoms with Gasteiger partial charge in [0.2, 0.25) is 5.75 Å². The number of rotatable bonds is 10. The van der Waals surface area contributed by atoms with E-state index in [4.69, 9.17) is 14.2 Å². The van der Waals surface area contributed by atoms with Gasteiger partial charge in [-0.15, -0.1) is 0 Å². The summed E-state index contributed by atoms with van der Waals surface area (Å²) >= 11 is 0. The summed E-state index contributed by atoms with van der Waals surface area (Å²) in [6.07, 6.45) is 2.07. The molecule has 2 rings (SSSR count). The average molecular weight is 421 g/mol. The molecule has 164 valence electrons. The van der Waals surface area contributed by atoms with Crippen LogP contribution in [0.15, 0.2) is 23.4 Å². The highest BCUT2D eigenvalue weighted by Crippen LogP contribution is 2.41. The first-order chi connectivity index (χ1) is 14.4. The number of unbranched alkanes of at least 4 members (excludes halogenated alkanes) is 1. The van der Waals surface area contributed by atoms with Gasteiger partial charge in [0.1, 0.15) is 0 Å². The number of hydrogen-bond donors (Lipinski definition) is 2. The number of amides is 2. The van der Waals surface area contributed by atoms with Crippen molar-refractivity contribution in [2.45, 2.75) is 46.1 Å². The van der Waals surface area contributed by atoms with Crippen molar-refractivity contribution >= 4 is 17.7 Å². The van der Waals surface area contributed by atoms with Crippen molar-refractivity contribution in [2.75, 3.05) is 20.3 Å². The molecule has 0 aromatic heterocycles.